The van der Waals surface area contributed by atoms with Gasteiger partial charge in [0.05, 0.1) is 18.3 Å². The summed E-state index contributed by atoms with van der Waals surface area (Å²) >= 11 is 0. The lowest BCUT2D eigenvalue weighted by atomic mass is 10.1. The highest BCUT2D eigenvalue weighted by Gasteiger charge is 2.29. The summed E-state index contributed by atoms with van der Waals surface area (Å²) in [5.41, 5.74) is 6.85. The number of hydrogen-bond donors (Lipinski definition) is 1. The zero-order chi connectivity index (χ0) is 14.8. The Labute approximate surface area is 115 Å². The molecule has 0 aliphatic carbocycles. The Morgan fingerprint density at radius 2 is 1.85 bits per heavy atom. The average molecular weight is 283 g/mol. The molecular formula is C14H16F3N3. The van der Waals surface area contributed by atoms with Gasteiger partial charge in [0.1, 0.15) is 0 Å². The Morgan fingerprint density at radius 1 is 1.20 bits per heavy atom. The van der Waals surface area contributed by atoms with Crippen LogP contribution in [0.15, 0.2) is 36.7 Å². The Bertz CT molecular complexity index is 556. The third kappa shape index (κ3) is 3.84. The summed E-state index contributed by atoms with van der Waals surface area (Å²) in [4.78, 5) is 0. The first-order chi connectivity index (χ1) is 9.34. The largest absolute Gasteiger partial charge is 0.416 e. The molecule has 1 heterocycles. The van der Waals surface area contributed by atoms with Crippen molar-refractivity contribution in [3.05, 3.63) is 53.3 Å². The quantitative estimate of drug-likeness (QED) is 0.937. The van der Waals surface area contributed by atoms with Crippen LogP contribution in [0.25, 0.3) is 0 Å². The van der Waals surface area contributed by atoms with Gasteiger partial charge in [0, 0.05) is 12.2 Å². The standard InChI is InChI=1S/C14H16F3N3/c1-10(18)6-12-7-19-20(9-12)8-11-2-4-13(5-3-11)14(15,16)17/h2-5,7,9-10H,6,8,18H2,1H3. The molecule has 0 spiro atoms. The number of benzene rings is 1. The molecule has 0 aliphatic heterocycles. The molecule has 0 saturated heterocycles. The average Bonchev–Trinajstić information content (AvgIpc) is 2.75. The van der Waals surface area contributed by atoms with Crippen LogP contribution >= 0.6 is 0 Å². The van der Waals surface area contributed by atoms with E-state index in [2.05, 4.69) is 5.10 Å². The van der Waals surface area contributed by atoms with E-state index in [9.17, 15) is 13.2 Å². The number of rotatable bonds is 4. The molecule has 1 unspecified atom stereocenters. The fourth-order valence-corrected chi connectivity index (χ4v) is 1.96. The van der Waals surface area contributed by atoms with Gasteiger partial charge < -0.3 is 5.73 Å². The van der Waals surface area contributed by atoms with E-state index in [1.165, 1.54) is 12.1 Å². The molecule has 1 atom stereocenters. The Balaban J connectivity index is 2.05. The summed E-state index contributed by atoms with van der Waals surface area (Å²) in [6, 6.07) is 5.16. The Morgan fingerprint density at radius 3 is 2.40 bits per heavy atom. The number of nitrogens with zero attached hydrogens (tertiary/aromatic N) is 2. The van der Waals surface area contributed by atoms with Gasteiger partial charge in [-0.2, -0.15) is 18.3 Å². The van der Waals surface area contributed by atoms with Gasteiger partial charge in [-0.15, -0.1) is 0 Å². The monoisotopic (exact) mass is 283 g/mol. The van der Waals surface area contributed by atoms with Gasteiger partial charge in [-0.3, -0.25) is 4.68 Å². The van der Waals surface area contributed by atoms with E-state index < -0.39 is 11.7 Å². The van der Waals surface area contributed by atoms with E-state index in [-0.39, 0.29) is 6.04 Å². The second-order valence-corrected chi connectivity index (χ2v) is 4.92. The highest BCUT2D eigenvalue weighted by Crippen LogP contribution is 2.29. The summed E-state index contributed by atoms with van der Waals surface area (Å²) in [6.45, 7) is 2.35. The predicted molar refractivity (Wildman–Crippen MR) is 70.1 cm³/mol. The molecule has 2 rings (SSSR count). The van der Waals surface area contributed by atoms with Crippen LogP contribution < -0.4 is 5.73 Å². The molecule has 0 bridgehead atoms. The molecule has 0 saturated carbocycles. The number of hydrogen-bond acceptors (Lipinski definition) is 2. The molecule has 6 heteroatoms. The van der Waals surface area contributed by atoms with E-state index in [0.717, 1.165) is 29.7 Å². The van der Waals surface area contributed by atoms with Crippen molar-refractivity contribution in [3.8, 4) is 0 Å². The summed E-state index contributed by atoms with van der Waals surface area (Å²) in [6.07, 6.45) is 0.0240. The molecule has 20 heavy (non-hydrogen) atoms. The highest BCUT2D eigenvalue weighted by atomic mass is 19.4. The van der Waals surface area contributed by atoms with Crippen LogP contribution in [-0.2, 0) is 19.1 Å². The van der Waals surface area contributed by atoms with E-state index in [4.69, 9.17) is 5.73 Å². The molecule has 3 nitrogen and oxygen atoms in total. The van der Waals surface area contributed by atoms with Crippen LogP contribution in [0, 0.1) is 0 Å². The van der Waals surface area contributed by atoms with Crippen LogP contribution in [0.5, 0.6) is 0 Å². The number of nitrogens with two attached hydrogens (primary N) is 1. The van der Waals surface area contributed by atoms with Crippen molar-refractivity contribution in [2.45, 2.75) is 32.1 Å². The second-order valence-electron chi connectivity index (χ2n) is 4.92. The lowest BCUT2D eigenvalue weighted by Crippen LogP contribution is -2.17. The van der Waals surface area contributed by atoms with E-state index in [0.29, 0.717) is 6.54 Å². The third-order valence-corrected chi connectivity index (χ3v) is 2.87. The first-order valence-electron chi connectivity index (χ1n) is 6.27. The van der Waals surface area contributed by atoms with E-state index >= 15 is 0 Å². The number of alkyl halides is 3. The molecule has 1 aromatic carbocycles. The molecule has 0 fully saturated rings. The smallest absolute Gasteiger partial charge is 0.328 e. The van der Waals surface area contributed by atoms with Crippen molar-refractivity contribution in [2.75, 3.05) is 0 Å². The van der Waals surface area contributed by atoms with Gasteiger partial charge in [0.25, 0.3) is 0 Å². The van der Waals surface area contributed by atoms with Crippen molar-refractivity contribution in [2.24, 2.45) is 5.73 Å². The maximum absolute atomic E-state index is 12.4. The zero-order valence-electron chi connectivity index (χ0n) is 11.1. The van der Waals surface area contributed by atoms with Crippen molar-refractivity contribution in [1.82, 2.24) is 9.78 Å². The minimum absolute atomic E-state index is 0.0544. The van der Waals surface area contributed by atoms with Crippen LogP contribution in [0.3, 0.4) is 0 Å². The van der Waals surface area contributed by atoms with Crippen LogP contribution in [0.2, 0.25) is 0 Å². The Kier molecular flexibility index (Phi) is 4.13. The summed E-state index contributed by atoms with van der Waals surface area (Å²) in [7, 11) is 0. The lowest BCUT2D eigenvalue weighted by molar-refractivity contribution is -0.137. The molecule has 0 aliphatic rings. The molecule has 2 N–H and O–H groups in total. The fourth-order valence-electron chi connectivity index (χ4n) is 1.96. The molecule has 108 valence electrons. The third-order valence-electron chi connectivity index (χ3n) is 2.87. The predicted octanol–water partition coefficient (Wildman–Crippen LogP) is 2.84. The van der Waals surface area contributed by atoms with Gasteiger partial charge in [-0.25, -0.2) is 0 Å². The van der Waals surface area contributed by atoms with Crippen LogP contribution in [0.4, 0.5) is 13.2 Å². The first kappa shape index (κ1) is 14.6. The highest BCUT2D eigenvalue weighted by molar-refractivity contribution is 5.24. The molecule has 2 aromatic rings. The minimum Gasteiger partial charge on any atom is -0.328 e. The van der Waals surface area contributed by atoms with Crippen molar-refractivity contribution >= 4 is 0 Å². The maximum atomic E-state index is 12.4. The normalized spacial score (nSPS) is 13.4. The maximum Gasteiger partial charge on any atom is 0.416 e. The van der Waals surface area contributed by atoms with Gasteiger partial charge in [-0.1, -0.05) is 12.1 Å². The Hall–Kier alpha value is -1.82. The first-order valence-corrected chi connectivity index (χ1v) is 6.27. The van der Waals surface area contributed by atoms with Crippen molar-refractivity contribution in [3.63, 3.8) is 0 Å². The summed E-state index contributed by atoms with van der Waals surface area (Å²) in [5.74, 6) is 0. The summed E-state index contributed by atoms with van der Waals surface area (Å²) < 4.78 is 39.0. The molecule has 0 amide bonds. The van der Waals surface area contributed by atoms with Crippen LogP contribution in [-0.4, -0.2) is 15.8 Å². The zero-order valence-corrected chi connectivity index (χ0v) is 11.1. The van der Waals surface area contributed by atoms with Crippen LogP contribution in [0.1, 0.15) is 23.6 Å². The van der Waals surface area contributed by atoms with E-state index in [1.54, 1.807) is 10.9 Å². The van der Waals surface area contributed by atoms with E-state index in [1.807, 2.05) is 13.1 Å². The molecule has 0 radical (unpaired) electrons. The van der Waals surface area contributed by atoms with Gasteiger partial charge >= 0.3 is 6.18 Å². The van der Waals surface area contributed by atoms with Gasteiger partial charge in [-0.05, 0) is 36.6 Å². The fraction of sp³-hybridized carbons (Fsp3) is 0.357. The lowest BCUT2D eigenvalue weighted by Gasteiger charge is -2.07. The van der Waals surface area contributed by atoms with Crippen molar-refractivity contribution < 1.29 is 13.2 Å². The molecule has 1 aromatic heterocycles. The summed E-state index contributed by atoms with van der Waals surface area (Å²) in [5, 5.41) is 4.17. The minimum atomic E-state index is -4.30. The van der Waals surface area contributed by atoms with Gasteiger partial charge in [0.15, 0.2) is 0 Å². The SMILES string of the molecule is CC(N)Cc1cnn(Cc2ccc(C(F)(F)F)cc2)c1. The molecular weight excluding hydrogens is 267 g/mol. The number of aromatic nitrogens is 2. The van der Waals surface area contributed by atoms with Gasteiger partial charge in [0.2, 0.25) is 0 Å². The number of halogens is 3. The topological polar surface area (TPSA) is 43.8 Å². The van der Waals surface area contributed by atoms with Crippen molar-refractivity contribution in [1.29, 1.82) is 0 Å². The second kappa shape index (κ2) is 5.66.